The lowest BCUT2D eigenvalue weighted by Gasteiger charge is -2.29. The summed E-state index contributed by atoms with van der Waals surface area (Å²) in [5, 5.41) is 2.78. The van der Waals surface area contributed by atoms with Gasteiger partial charge in [0, 0.05) is 5.56 Å². The molecule has 0 fully saturated rings. The summed E-state index contributed by atoms with van der Waals surface area (Å²) in [5.41, 5.74) is 1.76. The maximum absolute atomic E-state index is 13.0. The van der Waals surface area contributed by atoms with E-state index in [1.807, 2.05) is 32.0 Å². The maximum atomic E-state index is 13.0. The molecule has 0 saturated carbocycles. The Labute approximate surface area is 152 Å². The number of nitrogens with zero attached hydrogens (tertiary/aromatic N) is 1. The van der Waals surface area contributed by atoms with Crippen molar-refractivity contribution in [3.05, 3.63) is 48.0 Å². The van der Waals surface area contributed by atoms with Crippen molar-refractivity contribution in [1.82, 2.24) is 0 Å². The molecule has 0 saturated heterocycles. The van der Waals surface area contributed by atoms with Crippen LogP contribution in [0.4, 0.5) is 11.4 Å². The third kappa shape index (κ3) is 3.64. The number of ether oxygens (including phenoxy) is 2. The van der Waals surface area contributed by atoms with Gasteiger partial charge in [0.2, 0.25) is 5.91 Å². The Bertz CT molecular complexity index is 819. The standard InChI is InChI=1S/C20H22N2O4/c1-3-11-26-17-10-9-14(12-18(17)25-4-2)20(24)22-13-19(23)21-15-7-5-6-8-16(15)22/h5-10,12H,3-4,11,13H2,1-2H3,(H,21,23). The van der Waals surface area contributed by atoms with Gasteiger partial charge in [-0.25, -0.2) is 0 Å². The van der Waals surface area contributed by atoms with Gasteiger partial charge in [0.1, 0.15) is 6.54 Å². The SMILES string of the molecule is CCCOc1ccc(C(=O)N2CC(=O)Nc3ccccc32)cc1OCC. The summed E-state index contributed by atoms with van der Waals surface area (Å²) < 4.78 is 11.3. The van der Waals surface area contributed by atoms with Crippen LogP contribution in [0.2, 0.25) is 0 Å². The van der Waals surface area contributed by atoms with Crippen LogP contribution in [0.5, 0.6) is 11.5 Å². The molecule has 0 unspecified atom stereocenters. The molecule has 1 aliphatic rings. The highest BCUT2D eigenvalue weighted by molar-refractivity contribution is 6.15. The molecular weight excluding hydrogens is 332 g/mol. The minimum Gasteiger partial charge on any atom is -0.490 e. The minimum absolute atomic E-state index is 0.0199. The number of anilines is 2. The van der Waals surface area contributed by atoms with E-state index in [9.17, 15) is 9.59 Å². The summed E-state index contributed by atoms with van der Waals surface area (Å²) in [7, 11) is 0. The van der Waals surface area contributed by atoms with Crippen molar-refractivity contribution in [3.63, 3.8) is 0 Å². The normalized spacial score (nSPS) is 13.0. The smallest absolute Gasteiger partial charge is 0.258 e. The maximum Gasteiger partial charge on any atom is 0.258 e. The van der Waals surface area contributed by atoms with E-state index < -0.39 is 0 Å². The van der Waals surface area contributed by atoms with Crippen molar-refractivity contribution >= 4 is 23.2 Å². The number of fused-ring (bicyclic) bond motifs is 1. The zero-order valence-corrected chi connectivity index (χ0v) is 15.0. The van der Waals surface area contributed by atoms with Gasteiger partial charge in [-0.1, -0.05) is 19.1 Å². The number of hydrogen-bond donors (Lipinski definition) is 1. The summed E-state index contributed by atoms with van der Waals surface area (Å²) in [4.78, 5) is 26.5. The fourth-order valence-corrected chi connectivity index (χ4v) is 2.81. The Hall–Kier alpha value is -3.02. The quantitative estimate of drug-likeness (QED) is 0.862. The molecule has 2 amide bonds. The lowest BCUT2D eigenvalue weighted by Crippen LogP contribution is -2.42. The number of hydrogen-bond acceptors (Lipinski definition) is 4. The van der Waals surface area contributed by atoms with Crippen molar-refractivity contribution < 1.29 is 19.1 Å². The van der Waals surface area contributed by atoms with E-state index >= 15 is 0 Å². The van der Waals surface area contributed by atoms with Crippen LogP contribution in [0.1, 0.15) is 30.6 Å². The molecule has 0 radical (unpaired) electrons. The van der Waals surface area contributed by atoms with Crippen LogP contribution < -0.4 is 19.7 Å². The Balaban J connectivity index is 1.92. The van der Waals surface area contributed by atoms with Crippen LogP contribution in [0, 0.1) is 0 Å². The van der Waals surface area contributed by atoms with E-state index in [1.54, 1.807) is 24.3 Å². The predicted octanol–water partition coefficient (Wildman–Crippen LogP) is 3.47. The Morgan fingerprint density at radius 3 is 2.69 bits per heavy atom. The van der Waals surface area contributed by atoms with Crippen molar-refractivity contribution in [2.75, 3.05) is 30.0 Å². The summed E-state index contributed by atoms with van der Waals surface area (Å²) in [6, 6.07) is 12.4. The fraction of sp³-hybridized carbons (Fsp3) is 0.300. The van der Waals surface area contributed by atoms with Crippen LogP contribution in [-0.4, -0.2) is 31.6 Å². The van der Waals surface area contributed by atoms with Gasteiger partial charge in [0.25, 0.3) is 5.91 Å². The number of para-hydroxylation sites is 2. The first kappa shape index (κ1) is 17.8. The van der Waals surface area contributed by atoms with Crippen molar-refractivity contribution in [2.24, 2.45) is 0 Å². The van der Waals surface area contributed by atoms with Crippen molar-refractivity contribution in [2.45, 2.75) is 20.3 Å². The van der Waals surface area contributed by atoms with E-state index in [0.29, 0.717) is 41.7 Å². The second kappa shape index (κ2) is 7.91. The molecule has 1 aliphatic heterocycles. The van der Waals surface area contributed by atoms with Crippen molar-refractivity contribution in [3.8, 4) is 11.5 Å². The molecule has 136 valence electrons. The monoisotopic (exact) mass is 354 g/mol. The van der Waals surface area contributed by atoms with E-state index in [-0.39, 0.29) is 18.4 Å². The summed E-state index contributed by atoms with van der Waals surface area (Å²) in [6.07, 6.45) is 0.881. The lowest BCUT2D eigenvalue weighted by atomic mass is 10.1. The Kier molecular flexibility index (Phi) is 5.41. The van der Waals surface area contributed by atoms with Gasteiger partial charge in [-0.15, -0.1) is 0 Å². The van der Waals surface area contributed by atoms with Crippen LogP contribution in [0.15, 0.2) is 42.5 Å². The average Bonchev–Trinajstić information content (AvgIpc) is 2.66. The molecular formula is C20H22N2O4. The number of amides is 2. The molecule has 1 N–H and O–H groups in total. The minimum atomic E-state index is -0.254. The lowest BCUT2D eigenvalue weighted by molar-refractivity contribution is -0.115. The molecule has 0 spiro atoms. The van der Waals surface area contributed by atoms with E-state index in [2.05, 4.69) is 5.32 Å². The molecule has 0 aromatic heterocycles. The number of carbonyl (C=O) groups excluding carboxylic acids is 2. The molecule has 2 aromatic rings. The van der Waals surface area contributed by atoms with Crippen molar-refractivity contribution in [1.29, 1.82) is 0 Å². The summed E-state index contributed by atoms with van der Waals surface area (Å²) >= 11 is 0. The fourth-order valence-electron chi connectivity index (χ4n) is 2.81. The largest absolute Gasteiger partial charge is 0.490 e. The zero-order chi connectivity index (χ0) is 18.5. The molecule has 0 bridgehead atoms. The molecule has 1 heterocycles. The van der Waals surface area contributed by atoms with Gasteiger partial charge in [-0.3, -0.25) is 14.5 Å². The zero-order valence-electron chi connectivity index (χ0n) is 15.0. The molecule has 2 aromatic carbocycles. The van der Waals surface area contributed by atoms with Gasteiger partial charge in [-0.2, -0.15) is 0 Å². The first-order valence-corrected chi connectivity index (χ1v) is 8.74. The third-order valence-corrected chi connectivity index (χ3v) is 3.97. The van der Waals surface area contributed by atoms with Crippen LogP contribution in [-0.2, 0) is 4.79 Å². The topological polar surface area (TPSA) is 67.9 Å². The second-order valence-corrected chi connectivity index (χ2v) is 5.90. The summed E-state index contributed by atoms with van der Waals surface area (Å²) in [5.74, 6) is 0.670. The van der Waals surface area contributed by atoms with Gasteiger partial charge in [-0.05, 0) is 43.7 Å². The second-order valence-electron chi connectivity index (χ2n) is 5.90. The molecule has 3 rings (SSSR count). The highest BCUT2D eigenvalue weighted by Crippen LogP contribution is 2.33. The van der Waals surface area contributed by atoms with Gasteiger partial charge >= 0.3 is 0 Å². The van der Waals surface area contributed by atoms with E-state index in [1.165, 1.54) is 4.90 Å². The third-order valence-electron chi connectivity index (χ3n) is 3.97. The first-order valence-electron chi connectivity index (χ1n) is 8.74. The summed E-state index contributed by atoms with van der Waals surface area (Å²) in [6.45, 7) is 4.93. The Morgan fingerprint density at radius 1 is 1.12 bits per heavy atom. The number of carbonyl (C=O) groups is 2. The number of benzene rings is 2. The Morgan fingerprint density at radius 2 is 1.92 bits per heavy atom. The average molecular weight is 354 g/mol. The highest BCUT2D eigenvalue weighted by atomic mass is 16.5. The molecule has 0 aliphatic carbocycles. The van der Waals surface area contributed by atoms with Gasteiger partial charge in [0.05, 0.1) is 24.6 Å². The first-order chi connectivity index (χ1) is 12.6. The molecule has 26 heavy (non-hydrogen) atoms. The van der Waals surface area contributed by atoms with Gasteiger partial charge in [0.15, 0.2) is 11.5 Å². The van der Waals surface area contributed by atoms with E-state index in [4.69, 9.17) is 9.47 Å². The molecule has 6 heteroatoms. The predicted molar refractivity (Wildman–Crippen MR) is 100 cm³/mol. The molecule has 0 atom stereocenters. The van der Waals surface area contributed by atoms with Crippen LogP contribution in [0.25, 0.3) is 0 Å². The van der Waals surface area contributed by atoms with Gasteiger partial charge < -0.3 is 14.8 Å². The number of nitrogens with one attached hydrogen (secondary N) is 1. The van der Waals surface area contributed by atoms with E-state index in [0.717, 1.165) is 6.42 Å². The number of rotatable bonds is 6. The van der Waals surface area contributed by atoms with Crippen LogP contribution in [0.3, 0.4) is 0 Å². The highest BCUT2D eigenvalue weighted by Gasteiger charge is 2.28. The molecule has 6 nitrogen and oxygen atoms in total. The van der Waals surface area contributed by atoms with Crippen LogP contribution >= 0.6 is 0 Å².